The highest BCUT2D eigenvalue weighted by Gasteiger charge is 2.33. The van der Waals surface area contributed by atoms with Crippen molar-refractivity contribution in [1.29, 1.82) is 0 Å². The minimum absolute atomic E-state index is 0.0770. The van der Waals surface area contributed by atoms with Crippen molar-refractivity contribution in [2.45, 2.75) is 89.6 Å². The van der Waals surface area contributed by atoms with Crippen molar-refractivity contribution in [3.8, 4) is 0 Å². The van der Waals surface area contributed by atoms with Crippen molar-refractivity contribution in [3.63, 3.8) is 0 Å². The summed E-state index contributed by atoms with van der Waals surface area (Å²) >= 11 is 6.01. The van der Waals surface area contributed by atoms with Crippen LogP contribution in [0.3, 0.4) is 0 Å². The predicted octanol–water partition coefficient (Wildman–Crippen LogP) is 8.95. The fourth-order valence-corrected chi connectivity index (χ4v) is 6.08. The molecule has 0 nitrogen and oxygen atoms in total. The van der Waals surface area contributed by atoms with Gasteiger partial charge in [0.15, 0.2) is 0 Å². The summed E-state index contributed by atoms with van der Waals surface area (Å²) in [7, 11) is 0. The maximum Gasteiger partial charge on any atom is 0.107 e. The Balaban J connectivity index is 1.31. The molecule has 0 aliphatic heterocycles. The summed E-state index contributed by atoms with van der Waals surface area (Å²) in [4.78, 5) is 0. The molecule has 2 heteroatoms. The van der Waals surface area contributed by atoms with Gasteiger partial charge in [-0.3, -0.25) is 0 Å². The number of aryl methyl sites for hydroxylation is 2. The molecule has 2 aromatic carbocycles. The molecule has 0 heterocycles. The van der Waals surface area contributed by atoms with Crippen LogP contribution < -0.4 is 0 Å². The largest absolute Gasteiger partial charge is 0.247 e. The zero-order chi connectivity index (χ0) is 21.6. The number of alkyl halides is 1. The molecule has 0 spiro atoms. The van der Waals surface area contributed by atoms with Crippen LogP contribution in [0.4, 0.5) is 4.39 Å². The van der Waals surface area contributed by atoms with E-state index in [1.54, 1.807) is 0 Å². The maximum atomic E-state index is 15.4. The molecule has 31 heavy (non-hydrogen) atoms. The van der Waals surface area contributed by atoms with Crippen LogP contribution in [0.1, 0.15) is 87.3 Å². The van der Waals surface area contributed by atoms with E-state index in [1.807, 2.05) is 12.1 Å². The second-order valence-corrected chi connectivity index (χ2v) is 10.8. The van der Waals surface area contributed by atoms with Gasteiger partial charge in [0.2, 0.25) is 0 Å². The Kier molecular flexibility index (Phi) is 8.10. The van der Waals surface area contributed by atoms with E-state index >= 15 is 4.39 Å². The number of hydrogen-bond donors (Lipinski definition) is 0. The lowest BCUT2D eigenvalue weighted by Gasteiger charge is -2.34. The number of hydrogen-bond acceptors (Lipinski definition) is 0. The SMILES string of the molecule is CC1CCC(CCC2CCC(c3ccccc3CCc3ccc(Cl)cc3)C(F)C2)CC1. The molecule has 2 fully saturated rings. The Hall–Kier alpha value is -1.34. The highest BCUT2D eigenvalue weighted by atomic mass is 35.5. The first-order valence-corrected chi connectivity index (χ1v) is 12.9. The van der Waals surface area contributed by atoms with E-state index < -0.39 is 6.17 Å². The summed E-state index contributed by atoms with van der Waals surface area (Å²) in [6, 6.07) is 16.7. The maximum absolute atomic E-state index is 15.4. The van der Waals surface area contributed by atoms with E-state index in [1.165, 1.54) is 61.6 Å². The van der Waals surface area contributed by atoms with E-state index in [4.69, 9.17) is 11.6 Å². The molecular formula is C29H38ClF. The summed E-state index contributed by atoms with van der Waals surface area (Å²) in [6.07, 6.45) is 12.4. The van der Waals surface area contributed by atoms with Gasteiger partial charge in [0.1, 0.15) is 6.17 Å². The molecule has 2 aliphatic carbocycles. The molecule has 0 bridgehead atoms. The van der Waals surface area contributed by atoms with Crippen LogP contribution in [0.2, 0.25) is 5.02 Å². The Bertz CT molecular complexity index is 806. The van der Waals surface area contributed by atoms with Crippen LogP contribution in [0, 0.1) is 17.8 Å². The summed E-state index contributed by atoms with van der Waals surface area (Å²) in [5.41, 5.74) is 3.86. The van der Waals surface area contributed by atoms with E-state index in [0.717, 1.165) is 42.5 Å². The summed E-state index contributed by atoms with van der Waals surface area (Å²) < 4.78 is 15.4. The first kappa shape index (κ1) is 22.8. The molecule has 168 valence electrons. The Labute approximate surface area is 193 Å². The van der Waals surface area contributed by atoms with Gasteiger partial charge in [0, 0.05) is 10.9 Å². The second kappa shape index (κ2) is 11.0. The number of halogens is 2. The van der Waals surface area contributed by atoms with E-state index in [2.05, 4.69) is 43.3 Å². The van der Waals surface area contributed by atoms with Gasteiger partial charge in [-0.05, 0) is 78.7 Å². The van der Waals surface area contributed by atoms with E-state index in [0.29, 0.717) is 5.92 Å². The predicted molar refractivity (Wildman–Crippen MR) is 131 cm³/mol. The number of rotatable bonds is 7. The zero-order valence-corrected chi connectivity index (χ0v) is 19.8. The lowest BCUT2D eigenvalue weighted by molar-refractivity contribution is 0.153. The molecule has 3 atom stereocenters. The van der Waals surface area contributed by atoms with Crippen LogP contribution in [-0.2, 0) is 12.8 Å². The van der Waals surface area contributed by atoms with Crippen LogP contribution in [0.25, 0.3) is 0 Å². The lowest BCUT2D eigenvalue weighted by Crippen LogP contribution is -2.26. The van der Waals surface area contributed by atoms with Gasteiger partial charge in [-0.1, -0.05) is 93.4 Å². The van der Waals surface area contributed by atoms with Crippen molar-refractivity contribution in [2.24, 2.45) is 17.8 Å². The summed E-state index contributed by atoms with van der Waals surface area (Å²) in [6.45, 7) is 2.39. The molecule has 0 radical (unpaired) electrons. The summed E-state index contributed by atoms with van der Waals surface area (Å²) in [5, 5.41) is 0.777. The van der Waals surface area contributed by atoms with Crippen LogP contribution in [-0.4, -0.2) is 6.17 Å². The van der Waals surface area contributed by atoms with Gasteiger partial charge in [-0.2, -0.15) is 0 Å². The zero-order valence-electron chi connectivity index (χ0n) is 19.0. The van der Waals surface area contributed by atoms with Crippen LogP contribution in [0.15, 0.2) is 48.5 Å². The minimum atomic E-state index is -0.693. The minimum Gasteiger partial charge on any atom is -0.247 e. The van der Waals surface area contributed by atoms with Crippen molar-refractivity contribution < 1.29 is 4.39 Å². The smallest absolute Gasteiger partial charge is 0.107 e. The molecule has 3 unspecified atom stereocenters. The van der Waals surface area contributed by atoms with Crippen molar-refractivity contribution in [1.82, 2.24) is 0 Å². The third-order valence-electron chi connectivity index (χ3n) is 8.05. The highest BCUT2D eigenvalue weighted by Crippen LogP contribution is 2.42. The average molecular weight is 441 g/mol. The molecular weight excluding hydrogens is 403 g/mol. The van der Waals surface area contributed by atoms with Gasteiger partial charge in [0.05, 0.1) is 0 Å². The third kappa shape index (κ3) is 6.35. The van der Waals surface area contributed by atoms with Gasteiger partial charge >= 0.3 is 0 Å². The molecule has 0 amide bonds. The molecule has 0 saturated heterocycles. The van der Waals surface area contributed by atoms with E-state index in [9.17, 15) is 0 Å². The standard InChI is InChI=1S/C29H38ClF/c1-21-6-8-22(9-7-21)10-11-24-15-19-28(29(31)20-24)27-5-3-2-4-25(27)16-12-23-13-17-26(30)18-14-23/h2-5,13-14,17-18,21-22,24,28-29H,6-12,15-16,19-20H2,1H3. The van der Waals surface area contributed by atoms with Gasteiger partial charge in [-0.25, -0.2) is 4.39 Å². The first-order valence-electron chi connectivity index (χ1n) is 12.5. The number of benzene rings is 2. The molecule has 2 saturated carbocycles. The van der Waals surface area contributed by atoms with Crippen LogP contribution >= 0.6 is 11.6 Å². The Morgan fingerprint density at radius 1 is 0.806 bits per heavy atom. The third-order valence-corrected chi connectivity index (χ3v) is 8.30. The molecule has 2 aliphatic rings. The monoisotopic (exact) mass is 440 g/mol. The Morgan fingerprint density at radius 2 is 1.48 bits per heavy atom. The average Bonchev–Trinajstić information content (AvgIpc) is 2.79. The molecule has 0 N–H and O–H groups in total. The highest BCUT2D eigenvalue weighted by molar-refractivity contribution is 6.30. The quantitative estimate of drug-likeness (QED) is 0.403. The van der Waals surface area contributed by atoms with Crippen molar-refractivity contribution >= 4 is 11.6 Å². The van der Waals surface area contributed by atoms with Gasteiger partial charge < -0.3 is 0 Å². The topological polar surface area (TPSA) is 0 Å². The fourth-order valence-electron chi connectivity index (χ4n) is 5.95. The first-order chi connectivity index (χ1) is 15.1. The normalized spacial score (nSPS) is 29.1. The van der Waals surface area contributed by atoms with Crippen LogP contribution in [0.5, 0.6) is 0 Å². The molecule has 0 aromatic heterocycles. The molecule has 4 rings (SSSR count). The summed E-state index contributed by atoms with van der Waals surface area (Å²) in [5.74, 6) is 2.49. The van der Waals surface area contributed by atoms with Crippen molar-refractivity contribution in [2.75, 3.05) is 0 Å². The van der Waals surface area contributed by atoms with Crippen molar-refractivity contribution in [3.05, 3.63) is 70.2 Å². The second-order valence-electron chi connectivity index (χ2n) is 10.3. The van der Waals surface area contributed by atoms with Gasteiger partial charge in [0.25, 0.3) is 0 Å². The molecule has 2 aromatic rings. The lowest BCUT2D eigenvalue weighted by atomic mass is 9.73. The fraction of sp³-hybridized carbons (Fsp3) is 0.586. The Morgan fingerprint density at radius 3 is 2.23 bits per heavy atom. The van der Waals surface area contributed by atoms with E-state index in [-0.39, 0.29) is 5.92 Å². The van der Waals surface area contributed by atoms with Gasteiger partial charge in [-0.15, -0.1) is 0 Å².